The molecule has 0 aliphatic rings. The maximum absolute atomic E-state index is 12.4. The largest absolute Gasteiger partial charge is 0.279 e. The minimum atomic E-state index is -0.427. The molecule has 0 saturated carbocycles. The van der Waals surface area contributed by atoms with Crippen LogP contribution in [-0.2, 0) is 0 Å². The molecule has 2 aromatic rings. The second-order valence-electron chi connectivity index (χ2n) is 4.14. The zero-order chi connectivity index (χ0) is 14.0. The van der Waals surface area contributed by atoms with E-state index in [9.17, 15) is 4.79 Å². The van der Waals surface area contributed by atoms with Gasteiger partial charge in [0.25, 0.3) is 5.91 Å². The lowest BCUT2D eigenvalue weighted by Gasteiger charge is -2.05. The molecule has 1 heterocycles. The van der Waals surface area contributed by atoms with Crippen LogP contribution in [-0.4, -0.2) is 20.7 Å². The van der Waals surface area contributed by atoms with Crippen molar-refractivity contribution in [3.63, 3.8) is 0 Å². The molecule has 0 saturated heterocycles. The van der Waals surface area contributed by atoms with Crippen LogP contribution in [0.4, 0.5) is 0 Å². The molecule has 0 amide bonds. The first-order valence-corrected chi connectivity index (χ1v) is 6.72. The number of nitrogens with zero attached hydrogens (tertiary/aromatic N) is 3. The number of alkyl halides is 2. The summed E-state index contributed by atoms with van der Waals surface area (Å²) in [6, 6.07) is 8.86. The SMILES string of the molecule is CC(Cl)c1nc(C(C)Cl)n(C(=O)c2ccccc2)n1. The Balaban J connectivity index is 2.46. The molecule has 19 heavy (non-hydrogen) atoms. The summed E-state index contributed by atoms with van der Waals surface area (Å²) in [5, 5.41) is 3.34. The highest BCUT2D eigenvalue weighted by Crippen LogP contribution is 2.22. The zero-order valence-electron chi connectivity index (χ0n) is 10.5. The van der Waals surface area contributed by atoms with Crippen molar-refractivity contribution in [1.29, 1.82) is 0 Å². The van der Waals surface area contributed by atoms with Gasteiger partial charge in [0.15, 0.2) is 11.6 Å². The molecule has 0 bridgehead atoms. The Kier molecular flexibility index (Phi) is 4.22. The number of carbonyl (C=O) groups excluding carboxylic acids is 1. The summed E-state index contributed by atoms with van der Waals surface area (Å²) in [5.41, 5.74) is 0.528. The van der Waals surface area contributed by atoms with E-state index < -0.39 is 5.38 Å². The summed E-state index contributed by atoms with van der Waals surface area (Å²) >= 11 is 12.0. The van der Waals surface area contributed by atoms with E-state index in [-0.39, 0.29) is 11.3 Å². The van der Waals surface area contributed by atoms with Crippen molar-refractivity contribution >= 4 is 29.1 Å². The van der Waals surface area contributed by atoms with Crippen LogP contribution in [0.5, 0.6) is 0 Å². The molecule has 0 spiro atoms. The van der Waals surface area contributed by atoms with Gasteiger partial charge in [0.2, 0.25) is 0 Å². The van der Waals surface area contributed by atoms with Gasteiger partial charge in [-0.15, -0.1) is 28.3 Å². The fourth-order valence-electron chi connectivity index (χ4n) is 1.62. The quantitative estimate of drug-likeness (QED) is 0.814. The molecule has 1 aromatic heterocycles. The number of aromatic nitrogens is 3. The van der Waals surface area contributed by atoms with Crippen LogP contribution in [0.25, 0.3) is 0 Å². The number of halogens is 2. The van der Waals surface area contributed by atoms with Gasteiger partial charge in [0, 0.05) is 5.56 Å². The third kappa shape index (κ3) is 2.96. The fraction of sp³-hybridized carbons (Fsp3) is 0.308. The van der Waals surface area contributed by atoms with Gasteiger partial charge in [-0.3, -0.25) is 4.79 Å². The summed E-state index contributed by atoms with van der Waals surface area (Å²) in [4.78, 5) is 16.6. The van der Waals surface area contributed by atoms with E-state index in [0.29, 0.717) is 17.2 Å². The van der Waals surface area contributed by atoms with Crippen LogP contribution in [0, 0.1) is 0 Å². The Morgan fingerprint density at radius 2 is 1.79 bits per heavy atom. The van der Waals surface area contributed by atoms with E-state index in [1.54, 1.807) is 38.1 Å². The van der Waals surface area contributed by atoms with Crippen molar-refractivity contribution in [2.24, 2.45) is 0 Å². The molecule has 0 N–H and O–H groups in total. The Bertz CT molecular complexity index is 579. The van der Waals surface area contributed by atoms with Gasteiger partial charge in [0.05, 0.1) is 10.8 Å². The number of hydrogen-bond donors (Lipinski definition) is 0. The van der Waals surface area contributed by atoms with Gasteiger partial charge in [-0.1, -0.05) is 18.2 Å². The third-order valence-electron chi connectivity index (χ3n) is 2.57. The van der Waals surface area contributed by atoms with Crippen LogP contribution in [0.15, 0.2) is 30.3 Å². The smallest absolute Gasteiger partial charge is 0.267 e. The maximum atomic E-state index is 12.4. The molecule has 0 radical (unpaired) electrons. The van der Waals surface area contributed by atoms with Crippen molar-refractivity contribution < 1.29 is 4.79 Å². The predicted octanol–water partition coefficient (Wildman–Crippen LogP) is 3.57. The highest BCUT2D eigenvalue weighted by molar-refractivity contribution is 6.21. The molecule has 0 fully saturated rings. The van der Waals surface area contributed by atoms with Gasteiger partial charge < -0.3 is 0 Å². The van der Waals surface area contributed by atoms with Gasteiger partial charge in [-0.25, -0.2) is 4.98 Å². The van der Waals surface area contributed by atoms with Crippen LogP contribution < -0.4 is 0 Å². The topological polar surface area (TPSA) is 47.8 Å². The second-order valence-corrected chi connectivity index (χ2v) is 5.45. The average molecular weight is 298 g/mol. The lowest BCUT2D eigenvalue weighted by atomic mass is 10.2. The van der Waals surface area contributed by atoms with Crippen molar-refractivity contribution in [3.05, 3.63) is 47.5 Å². The minimum Gasteiger partial charge on any atom is -0.267 e. The molecular formula is C13H13Cl2N3O. The second kappa shape index (κ2) is 5.72. The molecule has 100 valence electrons. The monoisotopic (exact) mass is 297 g/mol. The molecule has 4 nitrogen and oxygen atoms in total. The van der Waals surface area contributed by atoms with Gasteiger partial charge >= 0.3 is 0 Å². The summed E-state index contributed by atoms with van der Waals surface area (Å²) in [7, 11) is 0. The standard InChI is InChI=1S/C13H13Cl2N3O/c1-8(14)11-16-12(9(2)15)18(17-11)13(19)10-6-4-3-5-7-10/h3-9H,1-2H3. The van der Waals surface area contributed by atoms with Crippen molar-refractivity contribution in [1.82, 2.24) is 14.8 Å². The molecule has 6 heteroatoms. The van der Waals surface area contributed by atoms with Crippen LogP contribution >= 0.6 is 23.2 Å². The Hall–Kier alpha value is -1.39. The number of benzene rings is 1. The van der Waals surface area contributed by atoms with Gasteiger partial charge in [0.1, 0.15) is 0 Å². The first kappa shape index (κ1) is 14.0. The number of rotatable bonds is 3. The van der Waals surface area contributed by atoms with E-state index in [1.807, 2.05) is 6.07 Å². The highest BCUT2D eigenvalue weighted by atomic mass is 35.5. The average Bonchev–Trinajstić information content (AvgIpc) is 2.84. The fourth-order valence-corrected chi connectivity index (χ4v) is 1.85. The Morgan fingerprint density at radius 3 is 2.32 bits per heavy atom. The van der Waals surface area contributed by atoms with Gasteiger partial charge in [-0.2, -0.15) is 4.68 Å². The van der Waals surface area contributed by atoms with Crippen molar-refractivity contribution in [2.75, 3.05) is 0 Å². The maximum Gasteiger partial charge on any atom is 0.279 e. The van der Waals surface area contributed by atoms with Crippen LogP contribution in [0.1, 0.15) is 46.6 Å². The van der Waals surface area contributed by atoms with E-state index >= 15 is 0 Å². The lowest BCUT2D eigenvalue weighted by Crippen LogP contribution is -2.17. The molecule has 2 atom stereocenters. The number of hydrogen-bond acceptors (Lipinski definition) is 3. The summed E-state index contributed by atoms with van der Waals surface area (Å²) in [6.07, 6.45) is 0. The zero-order valence-corrected chi connectivity index (χ0v) is 12.1. The first-order chi connectivity index (χ1) is 9.00. The van der Waals surface area contributed by atoms with Crippen molar-refractivity contribution in [2.45, 2.75) is 24.6 Å². The molecule has 1 aromatic carbocycles. The lowest BCUT2D eigenvalue weighted by molar-refractivity contribution is 0.0940. The molecule has 0 aliphatic heterocycles. The van der Waals surface area contributed by atoms with E-state index in [4.69, 9.17) is 23.2 Å². The molecule has 0 aliphatic carbocycles. The molecule has 2 unspecified atom stereocenters. The molecular weight excluding hydrogens is 285 g/mol. The van der Waals surface area contributed by atoms with Gasteiger partial charge in [-0.05, 0) is 26.0 Å². The first-order valence-electron chi connectivity index (χ1n) is 5.85. The third-order valence-corrected chi connectivity index (χ3v) is 2.96. The van der Waals surface area contributed by atoms with E-state index in [2.05, 4.69) is 10.1 Å². The summed E-state index contributed by atoms with van der Waals surface area (Å²) < 4.78 is 1.22. The highest BCUT2D eigenvalue weighted by Gasteiger charge is 2.22. The normalized spacial score (nSPS) is 14.1. The van der Waals surface area contributed by atoms with Crippen LogP contribution in [0.2, 0.25) is 0 Å². The minimum absolute atomic E-state index is 0.265. The Labute approximate surface area is 121 Å². The van der Waals surface area contributed by atoms with Crippen molar-refractivity contribution in [3.8, 4) is 0 Å². The molecule has 2 rings (SSSR count). The Morgan fingerprint density at radius 1 is 1.16 bits per heavy atom. The summed E-state index contributed by atoms with van der Waals surface area (Å²) in [6.45, 7) is 3.49. The number of carbonyl (C=O) groups is 1. The van der Waals surface area contributed by atoms with E-state index in [1.165, 1.54) is 4.68 Å². The predicted molar refractivity (Wildman–Crippen MR) is 74.7 cm³/mol. The van der Waals surface area contributed by atoms with E-state index in [0.717, 1.165) is 0 Å². The summed E-state index contributed by atoms with van der Waals surface area (Å²) in [5.74, 6) is 0.533. The van der Waals surface area contributed by atoms with Crippen LogP contribution in [0.3, 0.4) is 0 Å².